The Balaban J connectivity index is 1.37. The van der Waals surface area contributed by atoms with Gasteiger partial charge in [-0.05, 0) is 36.2 Å². The highest BCUT2D eigenvalue weighted by Crippen LogP contribution is 2.23. The molecule has 8 nitrogen and oxygen atoms in total. The second kappa shape index (κ2) is 10.3. The number of hydrogen-bond donors (Lipinski definition) is 1. The minimum Gasteiger partial charge on any atom is -0.366 e. The van der Waals surface area contributed by atoms with Gasteiger partial charge in [0.25, 0.3) is 0 Å². The summed E-state index contributed by atoms with van der Waals surface area (Å²) in [6, 6.07) is 19.6. The summed E-state index contributed by atoms with van der Waals surface area (Å²) in [6.45, 7) is 1.60. The van der Waals surface area contributed by atoms with Gasteiger partial charge in [-0.25, -0.2) is 12.8 Å². The number of carbonyl (C=O) groups is 1. The van der Waals surface area contributed by atoms with Crippen molar-refractivity contribution >= 4 is 44.4 Å². The van der Waals surface area contributed by atoms with Crippen LogP contribution < -0.4 is 9.62 Å². The third kappa shape index (κ3) is 5.08. The largest absolute Gasteiger partial charge is 0.366 e. The second-order valence-corrected chi connectivity index (χ2v) is 10.7. The lowest BCUT2D eigenvalue weighted by Gasteiger charge is -2.37. The maximum absolute atomic E-state index is 14.2. The molecule has 0 bridgehead atoms. The number of anilines is 1. The van der Waals surface area contributed by atoms with Gasteiger partial charge in [-0.1, -0.05) is 48.5 Å². The zero-order valence-electron chi connectivity index (χ0n) is 19.2. The minimum absolute atomic E-state index is 0.0102. The van der Waals surface area contributed by atoms with Gasteiger partial charge in [0.15, 0.2) is 0 Å². The number of rotatable bonds is 7. The van der Waals surface area contributed by atoms with E-state index in [1.54, 1.807) is 35.2 Å². The fourth-order valence-electron chi connectivity index (χ4n) is 4.37. The molecule has 0 radical (unpaired) electrons. The Morgan fingerprint density at radius 3 is 2.42 bits per heavy atom. The van der Waals surface area contributed by atoms with Crippen LogP contribution in [-0.4, -0.2) is 60.2 Å². The number of fused-ring (bicyclic) bond motifs is 1. The van der Waals surface area contributed by atoms with Crippen molar-refractivity contribution in [2.24, 2.45) is 0 Å². The van der Waals surface area contributed by atoms with Gasteiger partial charge in [0.2, 0.25) is 15.9 Å². The Labute approximate surface area is 212 Å². The summed E-state index contributed by atoms with van der Waals surface area (Å²) in [5.74, 6) is -0.628. The fourth-order valence-corrected chi connectivity index (χ4v) is 6.33. The van der Waals surface area contributed by atoms with Crippen molar-refractivity contribution in [2.75, 3.05) is 31.1 Å². The molecule has 1 saturated heterocycles. The van der Waals surface area contributed by atoms with Crippen LogP contribution in [0, 0.1) is 5.82 Å². The third-order valence-electron chi connectivity index (χ3n) is 6.20. The lowest BCUT2D eigenvalue weighted by Crippen LogP contribution is -2.55. The van der Waals surface area contributed by atoms with E-state index in [1.165, 1.54) is 12.1 Å². The van der Waals surface area contributed by atoms with Gasteiger partial charge in [-0.3, -0.25) is 4.79 Å². The van der Waals surface area contributed by atoms with Gasteiger partial charge in [0.1, 0.15) is 27.8 Å². The summed E-state index contributed by atoms with van der Waals surface area (Å²) in [5.41, 5.74) is 2.09. The number of hydrogen-bond acceptors (Lipinski definition) is 7. The van der Waals surface area contributed by atoms with Gasteiger partial charge in [0.05, 0.1) is 17.4 Å². The van der Waals surface area contributed by atoms with Gasteiger partial charge < -0.3 is 9.80 Å². The summed E-state index contributed by atoms with van der Waals surface area (Å²) in [4.78, 5) is 17.1. The third-order valence-corrected chi connectivity index (χ3v) is 8.25. The molecule has 5 rings (SSSR count). The number of amides is 1. The lowest BCUT2D eigenvalue weighted by atomic mass is 10.1. The van der Waals surface area contributed by atoms with Crippen molar-refractivity contribution in [2.45, 2.75) is 17.4 Å². The Hall–Kier alpha value is -3.41. The van der Waals surface area contributed by atoms with Crippen molar-refractivity contribution < 1.29 is 17.6 Å². The average Bonchev–Trinajstić information content (AvgIpc) is 3.38. The lowest BCUT2D eigenvalue weighted by molar-refractivity contribution is -0.133. The number of benzene rings is 3. The molecular weight excluding hydrogens is 501 g/mol. The highest BCUT2D eigenvalue weighted by atomic mass is 32.2. The molecule has 1 N–H and O–H groups in total. The number of nitrogens with one attached hydrogen (secondary N) is 1. The van der Waals surface area contributed by atoms with E-state index in [0.29, 0.717) is 37.4 Å². The van der Waals surface area contributed by atoms with Crippen LogP contribution in [0.5, 0.6) is 0 Å². The smallest absolute Gasteiger partial charge is 0.243 e. The molecule has 1 amide bonds. The molecule has 3 aromatic carbocycles. The summed E-state index contributed by atoms with van der Waals surface area (Å²) in [7, 11) is -4.07. The van der Waals surface area contributed by atoms with Crippen LogP contribution in [0.15, 0.2) is 77.7 Å². The van der Waals surface area contributed by atoms with E-state index in [0.717, 1.165) is 17.3 Å². The topological polar surface area (TPSA) is 95.5 Å². The zero-order chi connectivity index (χ0) is 25.1. The van der Waals surface area contributed by atoms with E-state index in [-0.39, 0.29) is 28.6 Å². The Morgan fingerprint density at radius 1 is 0.944 bits per heavy atom. The normalized spacial score (nSPS) is 15.2. The molecular formula is C25H24FN5O3S2. The summed E-state index contributed by atoms with van der Waals surface area (Å²) in [5, 5.41) is 0. The molecule has 36 heavy (non-hydrogen) atoms. The molecule has 2 heterocycles. The summed E-state index contributed by atoms with van der Waals surface area (Å²) < 4.78 is 51.9. The first-order valence-electron chi connectivity index (χ1n) is 11.5. The average molecular weight is 526 g/mol. The first-order valence-corrected chi connectivity index (χ1v) is 13.7. The molecule has 1 aliphatic rings. The van der Waals surface area contributed by atoms with E-state index < -0.39 is 16.1 Å². The molecule has 0 saturated carbocycles. The minimum atomic E-state index is -4.07. The maximum Gasteiger partial charge on any atom is 0.243 e. The number of para-hydroxylation sites is 1. The fraction of sp³-hybridized carbons (Fsp3) is 0.240. The summed E-state index contributed by atoms with van der Waals surface area (Å²) >= 11 is 0.934. The molecule has 1 aliphatic heterocycles. The molecule has 0 aliphatic carbocycles. The van der Waals surface area contributed by atoms with Crippen LogP contribution in [0.4, 0.5) is 10.1 Å². The van der Waals surface area contributed by atoms with Crippen molar-refractivity contribution in [1.82, 2.24) is 18.4 Å². The number of aromatic nitrogens is 2. The number of piperazine rings is 1. The van der Waals surface area contributed by atoms with Crippen LogP contribution in [-0.2, 0) is 21.2 Å². The van der Waals surface area contributed by atoms with Crippen LogP contribution in [0.25, 0.3) is 11.0 Å². The van der Waals surface area contributed by atoms with Crippen LogP contribution >= 0.6 is 11.7 Å². The van der Waals surface area contributed by atoms with Crippen molar-refractivity contribution in [3.8, 4) is 0 Å². The molecule has 1 aromatic heterocycles. The summed E-state index contributed by atoms with van der Waals surface area (Å²) in [6.07, 6.45) is 0.192. The predicted octanol–water partition coefficient (Wildman–Crippen LogP) is 3.07. The maximum atomic E-state index is 14.2. The van der Waals surface area contributed by atoms with Gasteiger partial charge in [0, 0.05) is 26.2 Å². The quantitative estimate of drug-likeness (QED) is 0.399. The zero-order valence-corrected chi connectivity index (χ0v) is 20.9. The molecule has 1 unspecified atom stereocenters. The van der Waals surface area contributed by atoms with E-state index >= 15 is 0 Å². The van der Waals surface area contributed by atoms with Crippen LogP contribution in [0.2, 0.25) is 0 Å². The van der Waals surface area contributed by atoms with Gasteiger partial charge in [-0.2, -0.15) is 13.5 Å². The van der Waals surface area contributed by atoms with E-state index in [2.05, 4.69) is 13.5 Å². The first-order chi connectivity index (χ1) is 17.4. The van der Waals surface area contributed by atoms with Crippen LogP contribution in [0.1, 0.15) is 5.56 Å². The Morgan fingerprint density at radius 2 is 1.67 bits per heavy atom. The van der Waals surface area contributed by atoms with Gasteiger partial charge in [-0.15, -0.1) is 0 Å². The van der Waals surface area contributed by atoms with E-state index in [4.69, 9.17) is 0 Å². The molecule has 11 heteroatoms. The number of halogens is 1. The molecule has 1 atom stereocenters. The number of carbonyl (C=O) groups excluding carboxylic acids is 1. The highest BCUT2D eigenvalue weighted by molar-refractivity contribution is 7.89. The van der Waals surface area contributed by atoms with E-state index in [9.17, 15) is 17.6 Å². The Bertz CT molecular complexity index is 1470. The van der Waals surface area contributed by atoms with E-state index in [1.807, 2.05) is 35.2 Å². The van der Waals surface area contributed by atoms with Crippen molar-refractivity contribution in [1.29, 1.82) is 0 Å². The van der Waals surface area contributed by atoms with Crippen molar-refractivity contribution in [3.63, 3.8) is 0 Å². The molecule has 186 valence electrons. The van der Waals surface area contributed by atoms with Gasteiger partial charge >= 0.3 is 0 Å². The SMILES string of the molecule is O=C(C(Cc1ccccc1)NS(=O)(=O)c1cccc2nsnc12)N1CCN(c2ccccc2F)CC1. The van der Waals surface area contributed by atoms with Crippen LogP contribution in [0.3, 0.4) is 0 Å². The standard InChI is InChI=1S/C25H24FN5O3S2/c26-19-9-4-5-11-22(19)30-13-15-31(16-14-30)25(32)21(17-18-7-2-1-3-8-18)29-36(33,34)23-12-6-10-20-24(23)28-35-27-20/h1-12,21,29H,13-17H2. The van der Waals surface area contributed by atoms with Crippen molar-refractivity contribution in [3.05, 3.63) is 84.2 Å². The monoisotopic (exact) mass is 525 g/mol. The molecule has 4 aromatic rings. The first kappa shape index (κ1) is 24.3. The number of sulfonamides is 1. The second-order valence-electron chi connectivity index (χ2n) is 8.52. The predicted molar refractivity (Wildman–Crippen MR) is 137 cm³/mol. The number of nitrogens with zero attached hydrogens (tertiary/aromatic N) is 4. The molecule has 0 spiro atoms. The highest BCUT2D eigenvalue weighted by Gasteiger charge is 2.32. The molecule has 1 fully saturated rings. The Kier molecular flexibility index (Phi) is 6.95.